The van der Waals surface area contributed by atoms with Gasteiger partial charge in [-0.3, -0.25) is 9.80 Å². The molecule has 3 nitrogen and oxygen atoms in total. The molecule has 0 radical (unpaired) electrons. The second-order valence-electron chi connectivity index (χ2n) is 5.52. The number of nitrogens with zero attached hydrogens (tertiary/aromatic N) is 3. The van der Waals surface area contributed by atoms with Gasteiger partial charge in [0.05, 0.1) is 0 Å². The summed E-state index contributed by atoms with van der Waals surface area (Å²) < 4.78 is 0. The molecule has 3 heterocycles. The minimum Gasteiger partial charge on any atom is -0.298 e. The topological polar surface area (TPSA) is 19.4 Å². The van der Waals surface area contributed by atoms with E-state index in [1.165, 1.54) is 32.5 Å². The molecule has 0 aliphatic carbocycles. The molecule has 0 spiro atoms. The van der Waals surface area contributed by atoms with Crippen LogP contribution in [0, 0.1) is 0 Å². The van der Waals surface area contributed by atoms with E-state index in [1.54, 1.807) is 6.20 Å². The van der Waals surface area contributed by atoms with Gasteiger partial charge in [0.1, 0.15) is 5.15 Å². The third-order valence-corrected chi connectivity index (χ3v) is 4.62. The summed E-state index contributed by atoms with van der Waals surface area (Å²) >= 11 is 6.15. The lowest BCUT2D eigenvalue weighted by Gasteiger charge is -2.42. The summed E-state index contributed by atoms with van der Waals surface area (Å²) in [6, 6.07) is 5.42. The van der Waals surface area contributed by atoms with Crippen molar-refractivity contribution in [2.24, 2.45) is 0 Å². The number of hydrogen-bond acceptors (Lipinski definition) is 3. The number of hydrogen-bond donors (Lipinski definition) is 0. The quantitative estimate of drug-likeness (QED) is 0.766. The van der Waals surface area contributed by atoms with Gasteiger partial charge in [0.2, 0.25) is 0 Å². The SMILES string of the molecule is CC1CN2CCCC2CN1Cc1cccnc1Cl. The normalized spacial score (nSPS) is 29.4. The van der Waals surface area contributed by atoms with E-state index in [9.17, 15) is 0 Å². The summed E-state index contributed by atoms with van der Waals surface area (Å²) in [6.07, 6.45) is 4.47. The predicted octanol–water partition coefficient (Wildman–Crippen LogP) is 2.40. The highest BCUT2D eigenvalue weighted by Gasteiger charge is 2.34. The van der Waals surface area contributed by atoms with E-state index < -0.39 is 0 Å². The second-order valence-corrected chi connectivity index (χ2v) is 5.88. The van der Waals surface area contributed by atoms with E-state index in [-0.39, 0.29) is 0 Å². The summed E-state index contributed by atoms with van der Waals surface area (Å²) in [5.74, 6) is 0. The van der Waals surface area contributed by atoms with E-state index in [0.29, 0.717) is 11.2 Å². The smallest absolute Gasteiger partial charge is 0.133 e. The van der Waals surface area contributed by atoms with Crippen molar-refractivity contribution in [2.45, 2.75) is 38.4 Å². The number of pyridine rings is 1. The molecule has 2 saturated heterocycles. The van der Waals surface area contributed by atoms with Crippen molar-refractivity contribution in [3.63, 3.8) is 0 Å². The summed E-state index contributed by atoms with van der Waals surface area (Å²) in [6.45, 7) is 6.91. The first-order chi connectivity index (χ1) is 8.74. The Morgan fingerprint density at radius 3 is 3.17 bits per heavy atom. The molecule has 4 heteroatoms. The molecule has 3 rings (SSSR count). The molecule has 2 fully saturated rings. The van der Waals surface area contributed by atoms with Crippen molar-refractivity contribution in [3.05, 3.63) is 29.0 Å². The molecule has 2 atom stereocenters. The highest BCUT2D eigenvalue weighted by molar-refractivity contribution is 6.30. The summed E-state index contributed by atoms with van der Waals surface area (Å²) in [4.78, 5) is 9.36. The lowest BCUT2D eigenvalue weighted by atomic mass is 10.1. The maximum Gasteiger partial charge on any atom is 0.133 e. The van der Waals surface area contributed by atoms with Gasteiger partial charge in [-0.1, -0.05) is 17.7 Å². The number of piperazine rings is 1. The first-order valence-corrected chi connectivity index (χ1v) is 7.19. The number of rotatable bonds is 2. The van der Waals surface area contributed by atoms with Crippen LogP contribution in [-0.2, 0) is 6.54 Å². The van der Waals surface area contributed by atoms with E-state index >= 15 is 0 Å². The lowest BCUT2D eigenvalue weighted by molar-refractivity contribution is 0.0540. The van der Waals surface area contributed by atoms with Gasteiger partial charge < -0.3 is 0 Å². The van der Waals surface area contributed by atoms with Crippen molar-refractivity contribution < 1.29 is 0 Å². The van der Waals surface area contributed by atoms with Gasteiger partial charge in [-0.25, -0.2) is 4.98 Å². The molecule has 0 saturated carbocycles. The van der Waals surface area contributed by atoms with Gasteiger partial charge in [-0.2, -0.15) is 0 Å². The van der Waals surface area contributed by atoms with E-state index in [4.69, 9.17) is 11.6 Å². The molecule has 1 aromatic heterocycles. The van der Waals surface area contributed by atoms with Crippen LogP contribution in [0.5, 0.6) is 0 Å². The van der Waals surface area contributed by atoms with Gasteiger partial charge in [-0.05, 0) is 32.4 Å². The van der Waals surface area contributed by atoms with Crippen molar-refractivity contribution in [1.29, 1.82) is 0 Å². The fourth-order valence-corrected chi connectivity index (χ4v) is 3.40. The van der Waals surface area contributed by atoms with Gasteiger partial charge in [0, 0.05) is 43.5 Å². The zero-order valence-electron chi connectivity index (χ0n) is 10.8. The molecular formula is C14H20ClN3. The van der Waals surface area contributed by atoms with Crippen molar-refractivity contribution in [2.75, 3.05) is 19.6 Å². The van der Waals surface area contributed by atoms with Gasteiger partial charge in [-0.15, -0.1) is 0 Å². The maximum absolute atomic E-state index is 6.15. The Morgan fingerprint density at radius 2 is 2.33 bits per heavy atom. The van der Waals surface area contributed by atoms with Gasteiger partial charge >= 0.3 is 0 Å². The molecule has 2 aliphatic rings. The Kier molecular flexibility index (Phi) is 3.55. The second kappa shape index (κ2) is 5.16. The molecule has 0 amide bonds. The van der Waals surface area contributed by atoms with Crippen LogP contribution in [0.3, 0.4) is 0 Å². The van der Waals surface area contributed by atoms with E-state index in [2.05, 4.69) is 27.8 Å². The zero-order valence-corrected chi connectivity index (χ0v) is 11.6. The molecule has 0 N–H and O–H groups in total. The molecule has 98 valence electrons. The Hall–Kier alpha value is -0.640. The summed E-state index contributed by atoms with van der Waals surface area (Å²) in [5.41, 5.74) is 1.15. The fourth-order valence-electron chi connectivity index (χ4n) is 3.22. The molecule has 18 heavy (non-hydrogen) atoms. The zero-order chi connectivity index (χ0) is 12.5. The number of aromatic nitrogens is 1. The average Bonchev–Trinajstić information content (AvgIpc) is 2.79. The van der Waals surface area contributed by atoms with Gasteiger partial charge in [0.25, 0.3) is 0 Å². The van der Waals surface area contributed by atoms with E-state index in [1.807, 2.05) is 6.07 Å². The molecule has 2 aliphatic heterocycles. The minimum absolute atomic E-state index is 0.607. The third-order valence-electron chi connectivity index (χ3n) is 4.28. The highest BCUT2D eigenvalue weighted by Crippen LogP contribution is 2.26. The first-order valence-electron chi connectivity index (χ1n) is 6.81. The molecular weight excluding hydrogens is 246 g/mol. The highest BCUT2D eigenvalue weighted by atomic mass is 35.5. The number of halogens is 1. The third kappa shape index (κ3) is 2.40. The standard InChI is InChI=1S/C14H20ClN3/c1-11-8-17-7-3-5-13(17)10-18(11)9-12-4-2-6-16-14(12)15/h2,4,6,11,13H,3,5,7-10H2,1H3. The average molecular weight is 266 g/mol. The van der Waals surface area contributed by atoms with Crippen LogP contribution < -0.4 is 0 Å². The monoisotopic (exact) mass is 265 g/mol. The van der Waals surface area contributed by atoms with E-state index in [0.717, 1.165) is 18.2 Å². The minimum atomic E-state index is 0.607. The number of fused-ring (bicyclic) bond motifs is 1. The lowest BCUT2D eigenvalue weighted by Crippen LogP contribution is -2.54. The maximum atomic E-state index is 6.15. The van der Waals surface area contributed by atoms with Crippen LogP contribution >= 0.6 is 11.6 Å². The summed E-state index contributed by atoms with van der Waals surface area (Å²) in [7, 11) is 0. The Morgan fingerprint density at radius 1 is 1.44 bits per heavy atom. The van der Waals surface area contributed by atoms with Crippen LogP contribution in [-0.4, -0.2) is 46.5 Å². The largest absolute Gasteiger partial charge is 0.298 e. The van der Waals surface area contributed by atoms with Crippen LogP contribution in [0.2, 0.25) is 5.15 Å². The molecule has 2 unspecified atom stereocenters. The van der Waals surface area contributed by atoms with Crippen LogP contribution in [0.25, 0.3) is 0 Å². The molecule has 1 aromatic rings. The Bertz CT molecular complexity index is 423. The molecule has 0 bridgehead atoms. The van der Waals surface area contributed by atoms with Crippen molar-refractivity contribution in [1.82, 2.24) is 14.8 Å². The Labute approximate surface area is 114 Å². The van der Waals surface area contributed by atoms with Crippen molar-refractivity contribution >= 4 is 11.6 Å². The van der Waals surface area contributed by atoms with Crippen molar-refractivity contribution in [3.8, 4) is 0 Å². The predicted molar refractivity (Wildman–Crippen MR) is 73.7 cm³/mol. The summed E-state index contributed by atoms with van der Waals surface area (Å²) in [5, 5.41) is 0.651. The fraction of sp³-hybridized carbons (Fsp3) is 0.643. The molecule has 0 aromatic carbocycles. The first kappa shape index (κ1) is 12.4. The van der Waals surface area contributed by atoms with Crippen LogP contribution in [0.15, 0.2) is 18.3 Å². The van der Waals surface area contributed by atoms with Gasteiger partial charge in [0.15, 0.2) is 0 Å². The van der Waals surface area contributed by atoms with Crippen LogP contribution in [0.1, 0.15) is 25.3 Å². The Balaban J connectivity index is 1.71. The van der Waals surface area contributed by atoms with Crippen LogP contribution in [0.4, 0.5) is 0 Å².